The molecule has 1 aromatic heterocycles. The highest BCUT2D eigenvalue weighted by Gasteiger charge is 2.10. The molecule has 6 heteroatoms. The maximum absolute atomic E-state index is 12.2. The number of hydrogen-bond acceptors (Lipinski definition) is 5. The lowest BCUT2D eigenvalue weighted by molar-refractivity contribution is 0.102. The summed E-state index contributed by atoms with van der Waals surface area (Å²) in [6.45, 7) is 0. The molecule has 5 nitrogen and oxygen atoms in total. The Balaban J connectivity index is 1.80. The fraction of sp³-hybridized carbons (Fsp3) is 0.125. The van der Waals surface area contributed by atoms with Crippen LogP contribution in [-0.2, 0) is 0 Å². The largest absolute Gasteiger partial charge is 0.497 e. The van der Waals surface area contributed by atoms with Gasteiger partial charge in [-0.3, -0.25) is 10.1 Å². The number of carbonyl (C=O) groups is 1. The van der Waals surface area contributed by atoms with Gasteiger partial charge in [0.1, 0.15) is 11.5 Å². The quantitative estimate of drug-likeness (QED) is 0.800. The molecule has 3 rings (SSSR count). The first-order valence-electron chi connectivity index (χ1n) is 6.59. The normalized spacial score (nSPS) is 10.5. The van der Waals surface area contributed by atoms with Crippen molar-refractivity contribution in [1.82, 2.24) is 4.98 Å². The average Bonchev–Trinajstić information content (AvgIpc) is 2.95. The minimum atomic E-state index is -0.200. The van der Waals surface area contributed by atoms with E-state index in [-0.39, 0.29) is 5.91 Å². The van der Waals surface area contributed by atoms with Crippen LogP contribution in [0.5, 0.6) is 11.5 Å². The molecule has 1 heterocycles. The van der Waals surface area contributed by atoms with E-state index in [0.717, 1.165) is 16.0 Å². The number of benzene rings is 2. The molecule has 22 heavy (non-hydrogen) atoms. The Morgan fingerprint density at radius 3 is 2.41 bits per heavy atom. The van der Waals surface area contributed by atoms with Crippen molar-refractivity contribution >= 4 is 32.6 Å². The van der Waals surface area contributed by atoms with Crippen LogP contribution in [0.4, 0.5) is 5.13 Å². The topological polar surface area (TPSA) is 60.5 Å². The van der Waals surface area contributed by atoms with Crippen molar-refractivity contribution in [3.05, 3.63) is 48.0 Å². The zero-order chi connectivity index (χ0) is 15.5. The van der Waals surface area contributed by atoms with E-state index < -0.39 is 0 Å². The summed E-state index contributed by atoms with van der Waals surface area (Å²) in [5.74, 6) is 1.28. The highest BCUT2D eigenvalue weighted by atomic mass is 32.1. The van der Waals surface area contributed by atoms with E-state index >= 15 is 0 Å². The molecule has 0 aliphatic heterocycles. The van der Waals surface area contributed by atoms with Crippen LogP contribution in [0.2, 0.25) is 0 Å². The monoisotopic (exact) mass is 314 g/mol. The molecule has 112 valence electrons. The number of ether oxygens (including phenoxy) is 2. The number of fused-ring (bicyclic) bond motifs is 1. The number of nitrogens with zero attached hydrogens (tertiary/aromatic N) is 1. The van der Waals surface area contributed by atoms with Crippen molar-refractivity contribution < 1.29 is 14.3 Å². The van der Waals surface area contributed by atoms with E-state index in [4.69, 9.17) is 9.47 Å². The van der Waals surface area contributed by atoms with Gasteiger partial charge in [0.05, 0.1) is 24.4 Å². The van der Waals surface area contributed by atoms with Crippen LogP contribution in [0.15, 0.2) is 42.5 Å². The Bertz CT molecular complexity index is 812. The van der Waals surface area contributed by atoms with Crippen LogP contribution < -0.4 is 14.8 Å². The zero-order valence-corrected chi connectivity index (χ0v) is 12.9. The molecule has 0 aliphatic rings. The van der Waals surface area contributed by atoms with Crippen LogP contribution in [0.25, 0.3) is 10.2 Å². The van der Waals surface area contributed by atoms with Crippen molar-refractivity contribution in [2.24, 2.45) is 0 Å². The summed E-state index contributed by atoms with van der Waals surface area (Å²) in [5.41, 5.74) is 1.38. The Morgan fingerprint density at radius 2 is 1.73 bits per heavy atom. The van der Waals surface area contributed by atoms with Gasteiger partial charge in [-0.1, -0.05) is 11.3 Å². The van der Waals surface area contributed by atoms with E-state index in [1.165, 1.54) is 11.3 Å². The third kappa shape index (κ3) is 2.87. The van der Waals surface area contributed by atoms with Crippen molar-refractivity contribution in [2.45, 2.75) is 0 Å². The molecule has 2 aromatic carbocycles. The summed E-state index contributed by atoms with van der Waals surface area (Å²) in [7, 11) is 3.21. The number of methoxy groups -OCH3 is 2. The SMILES string of the molecule is COc1ccc(C(=O)Nc2nc3ccc(OC)cc3s2)cc1. The Labute approximate surface area is 131 Å². The van der Waals surface area contributed by atoms with Gasteiger partial charge in [0, 0.05) is 5.56 Å². The molecule has 0 atom stereocenters. The third-order valence-corrected chi connectivity index (χ3v) is 4.10. The van der Waals surface area contributed by atoms with Gasteiger partial charge in [0.15, 0.2) is 5.13 Å². The molecular formula is C16H14N2O3S. The number of anilines is 1. The predicted octanol–water partition coefficient (Wildman–Crippen LogP) is 3.57. The second-order valence-corrected chi connectivity index (χ2v) is 5.57. The standard InChI is InChI=1S/C16H14N2O3S/c1-20-11-5-3-10(4-6-11)15(19)18-16-17-13-8-7-12(21-2)9-14(13)22-16/h3-9H,1-2H3,(H,17,18,19). The van der Waals surface area contributed by atoms with Gasteiger partial charge < -0.3 is 9.47 Å². The van der Waals surface area contributed by atoms with Crippen LogP contribution in [0.3, 0.4) is 0 Å². The summed E-state index contributed by atoms with van der Waals surface area (Å²) in [4.78, 5) is 16.6. The Hall–Kier alpha value is -2.60. The molecule has 0 radical (unpaired) electrons. The van der Waals surface area contributed by atoms with Crippen LogP contribution in [0.1, 0.15) is 10.4 Å². The van der Waals surface area contributed by atoms with Gasteiger partial charge in [0.25, 0.3) is 5.91 Å². The maximum Gasteiger partial charge on any atom is 0.257 e. The maximum atomic E-state index is 12.2. The van der Waals surface area contributed by atoms with Gasteiger partial charge in [0.2, 0.25) is 0 Å². The zero-order valence-electron chi connectivity index (χ0n) is 12.1. The first kappa shape index (κ1) is 14.3. The molecular weight excluding hydrogens is 300 g/mol. The van der Waals surface area contributed by atoms with Crippen molar-refractivity contribution in [1.29, 1.82) is 0 Å². The van der Waals surface area contributed by atoms with Gasteiger partial charge in [-0.15, -0.1) is 0 Å². The summed E-state index contributed by atoms with van der Waals surface area (Å²) in [6, 6.07) is 12.5. The highest BCUT2D eigenvalue weighted by Crippen LogP contribution is 2.29. The van der Waals surface area contributed by atoms with Crippen molar-refractivity contribution in [3.8, 4) is 11.5 Å². The highest BCUT2D eigenvalue weighted by molar-refractivity contribution is 7.22. The Morgan fingerprint density at radius 1 is 1.05 bits per heavy atom. The van der Waals surface area contributed by atoms with Crippen molar-refractivity contribution in [3.63, 3.8) is 0 Å². The lowest BCUT2D eigenvalue weighted by atomic mass is 10.2. The lowest BCUT2D eigenvalue weighted by Gasteiger charge is -2.03. The number of thiazole rings is 1. The first-order chi connectivity index (χ1) is 10.7. The molecule has 1 N–H and O–H groups in total. The van der Waals surface area contributed by atoms with Crippen LogP contribution >= 0.6 is 11.3 Å². The van der Waals surface area contributed by atoms with E-state index in [9.17, 15) is 4.79 Å². The smallest absolute Gasteiger partial charge is 0.257 e. The van der Waals surface area contributed by atoms with E-state index in [0.29, 0.717) is 16.4 Å². The minimum Gasteiger partial charge on any atom is -0.497 e. The number of aromatic nitrogens is 1. The molecule has 0 unspecified atom stereocenters. The van der Waals surface area contributed by atoms with Gasteiger partial charge in [-0.2, -0.15) is 0 Å². The summed E-state index contributed by atoms with van der Waals surface area (Å²) in [5, 5.41) is 3.37. The summed E-state index contributed by atoms with van der Waals surface area (Å²) in [6.07, 6.45) is 0. The van der Waals surface area contributed by atoms with E-state index in [2.05, 4.69) is 10.3 Å². The summed E-state index contributed by atoms with van der Waals surface area (Å²) >= 11 is 1.41. The number of nitrogens with one attached hydrogen (secondary N) is 1. The van der Waals surface area contributed by atoms with E-state index in [1.54, 1.807) is 38.5 Å². The number of carbonyl (C=O) groups excluding carboxylic acids is 1. The van der Waals surface area contributed by atoms with Gasteiger partial charge in [-0.25, -0.2) is 4.98 Å². The second kappa shape index (κ2) is 6.03. The van der Waals surface area contributed by atoms with Crippen LogP contribution in [0, 0.1) is 0 Å². The lowest BCUT2D eigenvalue weighted by Crippen LogP contribution is -2.11. The molecule has 3 aromatic rings. The predicted molar refractivity (Wildman–Crippen MR) is 87.1 cm³/mol. The molecule has 0 saturated carbocycles. The molecule has 0 aliphatic carbocycles. The van der Waals surface area contributed by atoms with E-state index in [1.807, 2.05) is 18.2 Å². The van der Waals surface area contributed by atoms with Gasteiger partial charge in [-0.05, 0) is 42.5 Å². The molecule has 1 amide bonds. The second-order valence-electron chi connectivity index (χ2n) is 4.54. The van der Waals surface area contributed by atoms with Crippen molar-refractivity contribution in [2.75, 3.05) is 19.5 Å². The molecule has 0 saturated heterocycles. The fourth-order valence-corrected chi connectivity index (χ4v) is 2.89. The molecule has 0 spiro atoms. The summed E-state index contributed by atoms with van der Waals surface area (Å²) < 4.78 is 11.2. The number of hydrogen-bond donors (Lipinski definition) is 1. The van der Waals surface area contributed by atoms with Gasteiger partial charge >= 0.3 is 0 Å². The molecule has 0 fully saturated rings. The number of rotatable bonds is 4. The minimum absolute atomic E-state index is 0.200. The average molecular weight is 314 g/mol. The Kier molecular flexibility index (Phi) is 3.93. The first-order valence-corrected chi connectivity index (χ1v) is 7.41. The fourth-order valence-electron chi connectivity index (χ4n) is 2.00. The third-order valence-electron chi connectivity index (χ3n) is 3.17. The molecule has 0 bridgehead atoms. The number of amides is 1. The van der Waals surface area contributed by atoms with Crippen LogP contribution in [-0.4, -0.2) is 25.1 Å².